The minimum absolute atomic E-state index is 0.0544. The van der Waals surface area contributed by atoms with Gasteiger partial charge in [0.2, 0.25) is 5.78 Å². The molecule has 2 aromatic carbocycles. The number of halogens is 2. The van der Waals surface area contributed by atoms with E-state index in [0.29, 0.717) is 5.56 Å². The first kappa shape index (κ1) is 14.0. The third-order valence-corrected chi connectivity index (χ3v) is 5.77. The van der Waals surface area contributed by atoms with Crippen molar-refractivity contribution in [1.29, 1.82) is 0 Å². The second-order valence-electron chi connectivity index (χ2n) is 4.56. The smallest absolute Gasteiger partial charge is 0.204 e. The molecule has 4 heteroatoms. The van der Waals surface area contributed by atoms with Crippen molar-refractivity contribution in [3.8, 4) is 0 Å². The number of benzene rings is 2. The molecule has 0 amide bonds. The van der Waals surface area contributed by atoms with E-state index in [0.717, 1.165) is 29.5 Å². The van der Waals surface area contributed by atoms with E-state index < -0.39 is 0 Å². The average molecular weight is 410 g/mol. The van der Waals surface area contributed by atoms with E-state index in [1.807, 2.05) is 49.4 Å². The van der Waals surface area contributed by atoms with Crippen LogP contribution in [0.25, 0.3) is 10.1 Å². The number of rotatable bonds is 2. The maximum absolute atomic E-state index is 12.7. The van der Waals surface area contributed by atoms with Gasteiger partial charge in [0, 0.05) is 19.2 Å². The van der Waals surface area contributed by atoms with E-state index in [4.69, 9.17) is 0 Å². The first-order valence-electron chi connectivity index (χ1n) is 6.05. The molecule has 3 rings (SSSR count). The number of fused-ring (bicyclic) bond motifs is 1. The van der Waals surface area contributed by atoms with Gasteiger partial charge in [0.1, 0.15) is 0 Å². The highest BCUT2D eigenvalue weighted by Gasteiger charge is 2.16. The van der Waals surface area contributed by atoms with Crippen molar-refractivity contribution >= 4 is 59.1 Å². The summed E-state index contributed by atoms with van der Waals surface area (Å²) in [5.41, 5.74) is 1.79. The van der Waals surface area contributed by atoms with Crippen LogP contribution in [0.1, 0.15) is 20.8 Å². The van der Waals surface area contributed by atoms with Crippen molar-refractivity contribution < 1.29 is 4.79 Å². The van der Waals surface area contributed by atoms with Crippen LogP contribution in [-0.2, 0) is 0 Å². The Morgan fingerprint density at radius 3 is 2.55 bits per heavy atom. The minimum atomic E-state index is 0.0544. The van der Waals surface area contributed by atoms with Crippen molar-refractivity contribution in [3.05, 3.63) is 67.4 Å². The first-order valence-corrected chi connectivity index (χ1v) is 8.45. The van der Waals surface area contributed by atoms with Gasteiger partial charge in [-0.3, -0.25) is 4.79 Å². The molecule has 0 aliphatic rings. The summed E-state index contributed by atoms with van der Waals surface area (Å²) >= 11 is 8.51. The second kappa shape index (κ2) is 5.43. The molecule has 0 unspecified atom stereocenters. The normalized spacial score (nSPS) is 10.9. The highest BCUT2D eigenvalue weighted by atomic mass is 79.9. The number of carbonyl (C=O) groups excluding carboxylic acids is 1. The lowest BCUT2D eigenvalue weighted by molar-refractivity contribution is 0.104. The van der Waals surface area contributed by atoms with Crippen LogP contribution < -0.4 is 0 Å². The third kappa shape index (κ3) is 2.48. The van der Waals surface area contributed by atoms with Gasteiger partial charge in [-0.2, -0.15) is 0 Å². The maximum Gasteiger partial charge on any atom is 0.204 e. The number of hydrogen-bond donors (Lipinski definition) is 0. The van der Waals surface area contributed by atoms with E-state index in [9.17, 15) is 4.79 Å². The summed E-state index contributed by atoms with van der Waals surface area (Å²) in [6, 6.07) is 13.9. The molecule has 1 nitrogen and oxygen atoms in total. The number of carbonyl (C=O) groups is 1. The Bertz CT molecular complexity index is 787. The van der Waals surface area contributed by atoms with Gasteiger partial charge in [0.25, 0.3) is 0 Å². The second-order valence-corrected chi connectivity index (χ2v) is 7.35. The molecule has 0 aliphatic carbocycles. The number of thiophene rings is 1. The predicted octanol–water partition coefficient (Wildman–Crippen LogP) is 5.97. The SMILES string of the molecule is Cc1cc(Br)c(C(=O)c2cc3ccccc3s2)cc1Br. The van der Waals surface area contributed by atoms with Crippen LogP contribution in [0.15, 0.2) is 51.4 Å². The summed E-state index contributed by atoms with van der Waals surface area (Å²) in [7, 11) is 0. The molecule has 1 aromatic heterocycles. The maximum atomic E-state index is 12.7. The van der Waals surface area contributed by atoms with Crippen LogP contribution in [-0.4, -0.2) is 5.78 Å². The molecular formula is C16H10Br2OS. The number of hydrogen-bond acceptors (Lipinski definition) is 2. The Hall–Kier alpha value is -0.970. The highest BCUT2D eigenvalue weighted by molar-refractivity contribution is 9.11. The van der Waals surface area contributed by atoms with Crippen molar-refractivity contribution in [2.45, 2.75) is 6.92 Å². The summed E-state index contributed by atoms with van der Waals surface area (Å²) in [5, 5.41) is 1.11. The van der Waals surface area contributed by atoms with E-state index in [-0.39, 0.29) is 5.78 Å². The summed E-state index contributed by atoms with van der Waals surface area (Å²) in [4.78, 5) is 13.4. The molecule has 0 fully saturated rings. The lowest BCUT2D eigenvalue weighted by Crippen LogP contribution is -2.00. The van der Waals surface area contributed by atoms with Crippen LogP contribution >= 0.6 is 43.2 Å². The van der Waals surface area contributed by atoms with Crippen molar-refractivity contribution in [2.75, 3.05) is 0 Å². The average Bonchev–Trinajstić information content (AvgIpc) is 2.86. The van der Waals surface area contributed by atoms with Crippen molar-refractivity contribution in [2.24, 2.45) is 0 Å². The van der Waals surface area contributed by atoms with Crippen LogP contribution in [0.3, 0.4) is 0 Å². The van der Waals surface area contributed by atoms with Crippen LogP contribution in [0.5, 0.6) is 0 Å². The van der Waals surface area contributed by atoms with E-state index in [2.05, 4.69) is 31.9 Å². The van der Waals surface area contributed by atoms with Gasteiger partial charge in [-0.25, -0.2) is 0 Å². The summed E-state index contributed by atoms with van der Waals surface area (Å²) in [6.45, 7) is 2.00. The van der Waals surface area contributed by atoms with E-state index >= 15 is 0 Å². The molecule has 0 atom stereocenters. The fraction of sp³-hybridized carbons (Fsp3) is 0.0625. The molecule has 0 N–H and O–H groups in total. The van der Waals surface area contributed by atoms with E-state index in [1.165, 1.54) is 11.3 Å². The van der Waals surface area contributed by atoms with Crippen molar-refractivity contribution in [1.82, 2.24) is 0 Å². The van der Waals surface area contributed by atoms with Gasteiger partial charge in [0.05, 0.1) is 4.88 Å². The summed E-state index contributed by atoms with van der Waals surface area (Å²) in [6.07, 6.45) is 0. The molecule has 3 aromatic rings. The predicted molar refractivity (Wildman–Crippen MR) is 91.8 cm³/mol. The zero-order valence-electron chi connectivity index (χ0n) is 10.6. The fourth-order valence-electron chi connectivity index (χ4n) is 2.05. The standard InChI is InChI=1S/C16H10Br2OS/c1-9-6-13(18)11(8-12(9)17)16(19)15-7-10-4-2-3-5-14(10)20-15/h2-8H,1H3. The van der Waals surface area contributed by atoms with Gasteiger partial charge < -0.3 is 0 Å². The van der Waals surface area contributed by atoms with Gasteiger partial charge >= 0.3 is 0 Å². The Balaban J connectivity index is 2.10. The van der Waals surface area contributed by atoms with Gasteiger partial charge in [-0.1, -0.05) is 50.1 Å². The quantitative estimate of drug-likeness (QED) is 0.476. The molecule has 0 aliphatic heterocycles. The third-order valence-electron chi connectivity index (χ3n) is 3.14. The van der Waals surface area contributed by atoms with Gasteiger partial charge in [-0.15, -0.1) is 11.3 Å². The first-order chi connectivity index (χ1) is 9.56. The van der Waals surface area contributed by atoms with E-state index in [1.54, 1.807) is 0 Å². The van der Waals surface area contributed by atoms with Crippen LogP contribution in [0.2, 0.25) is 0 Å². The Labute approximate surface area is 137 Å². The molecule has 0 spiro atoms. The highest BCUT2D eigenvalue weighted by Crippen LogP contribution is 2.31. The summed E-state index contributed by atoms with van der Waals surface area (Å²) in [5.74, 6) is 0.0544. The number of ketones is 1. The lowest BCUT2D eigenvalue weighted by Gasteiger charge is -2.05. The minimum Gasteiger partial charge on any atom is -0.288 e. The molecular weight excluding hydrogens is 400 g/mol. The number of aryl methyl sites for hydroxylation is 1. The summed E-state index contributed by atoms with van der Waals surface area (Å²) < 4.78 is 2.92. The molecule has 0 saturated heterocycles. The molecule has 0 saturated carbocycles. The monoisotopic (exact) mass is 408 g/mol. The zero-order chi connectivity index (χ0) is 14.3. The largest absolute Gasteiger partial charge is 0.288 e. The molecule has 0 radical (unpaired) electrons. The fourth-order valence-corrected chi connectivity index (χ4v) is 4.04. The zero-order valence-corrected chi connectivity index (χ0v) is 14.6. The Kier molecular flexibility index (Phi) is 3.80. The lowest BCUT2D eigenvalue weighted by atomic mass is 10.1. The molecule has 100 valence electrons. The van der Waals surface area contributed by atoms with Crippen molar-refractivity contribution in [3.63, 3.8) is 0 Å². The Morgan fingerprint density at radius 2 is 1.80 bits per heavy atom. The van der Waals surface area contributed by atoms with Gasteiger partial charge in [0.15, 0.2) is 0 Å². The van der Waals surface area contributed by atoms with Crippen LogP contribution in [0.4, 0.5) is 0 Å². The van der Waals surface area contributed by atoms with Gasteiger partial charge in [-0.05, 0) is 42.1 Å². The molecule has 1 heterocycles. The molecule has 20 heavy (non-hydrogen) atoms. The Morgan fingerprint density at radius 1 is 1.05 bits per heavy atom. The topological polar surface area (TPSA) is 17.1 Å². The molecule has 0 bridgehead atoms. The van der Waals surface area contributed by atoms with Crippen LogP contribution in [0, 0.1) is 6.92 Å².